The highest BCUT2D eigenvalue weighted by Crippen LogP contribution is 2.01. The van der Waals surface area contributed by atoms with Crippen LogP contribution in [-0.2, 0) is 4.79 Å². The topological polar surface area (TPSA) is 57.2 Å². The molecule has 0 aliphatic heterocycles. The van der Waals surface area contributed by atoms with Gasteiger partial charge in [-0.15, -0.1) is 0 Å². The summed E-state index contributed by atoms with van der Waals surface area (Å²) in [4.78, 5) is 14.3. The molecule has 1 amide bonds. The molecule has 0 bridgehead atoms. The van der Waals surface area contributed by atoms with Crippen LogP contribution in [0.4, 0.5) is 0 Å². The Balaban J connectivity index is 2.10. The summed E-state index contributed by atoms with van der Waals surface area (Å²) in [5.41, 5.74) is 3.39. The molecule has 16 heavy (non-hydrogen) atoms. The van der Waals surface area contributed by atoms with E-state index in [4.69, 9.17) is 0 Å². The van der Waals surface area contributed by atoms with Gasteiger partial charge in [-0.2, -0.15) is 5.10 Å². The van der Waals surface area contributed by atoms with Gasteiger partial charge < -0.3 is 4.98 Å². The van der Waals surface area contributed by atoms with Crippen LogP contribution >= 0.6 is 0 Å². The van der Waals surface area contributed by atoms with Crippen molar-refractivity contribution in [3.63, 3.8) is 0 Å². The van der Waals surface area contributed by atoms with E-state index in [-0.39, 0.29) is 5.91 Å². The third-order valence-corrected chi connectivity index (χ3v) is 2.27. The average Bonchev–Trinajstić information content (AvgIpc) is 2.77. The van der Waals surface area contributed by atoms with Crippen LogP contribution in [0.3, 0.4) is 0 Å². The molecule has 1 rings (SSSR count). The fourth-order valence-electron chi connectivity index (χ4n) is 1.37. The largest absolute Gasteiger partial charge is 0.360 e. The van der Waals surface area contributed by atoms with Crippen molar-refractivity contribution in [1.82, 2.24) is 10.4 Å². The fraction of sp³-hybridized carbons (Fsp3) is 0.500. The SMILES string of the molecule is CCCCCCC(=O)NN=Cc1ccc[nH]1. The van der Waals surface area contributed by atoms with Crippen LogP contribution in [-0.4, -0.2) is 17.1 Å². The maximum Gasteiger partial charge on any atom is 0.240 e. The number of H-pyrrole nitrogens is 1. The first kappa shape index (κ1) is 12.5. The molecule has 0 saturated carbocycles. The Kier molecular flexibility index (Phi) is 5.99. The predicted molar refractivity (Wildman–Crippen MR) is 65.3 cm³/mol. The standard InChI is InChI=1S/C12H19N3O/c1-2-3-4-5-8-12(16)15-14-10-11-7-6-9-13-11/h6-7,9-10,13H,2-5,8H2,1H3,(H,15,16). The molecule has 0 radical (unpaired) electrons. The van der Waals surface area contributed by atoms with Gasteiger partial charge in [-0.3, -0.25) is 4.79 Å². The van der Waals surface area contributed by atoms with E-state index in [2.05, 4.69) is 22.4 Å². The Morgan fingerprint density at radius 1 is 1.50 bits per heavy atom. The average molecular weight is 221 g/mol. The van der Waals surface area contributed by atoms with E-state index < -0.39 is 0 Å². The number of carbonyl (C=O) groups is 1. The minimum Gasteiger partial charge on any atom is -0.360 e. The number of aromatic nitrogens is 1. The Labute approximate surface area is 96.1 Å². The van der Waals surface area contributed by atoms with Crippen LogP contribution < -0.4 is 5.43 Å². The zero-order chi connectivity index (χ0) is 11.6. The Morgan fingerprint density at radius 2 is 2.38 bits per heavy atom. The van der Waals surface area contributed by atoms with Crippen LogP contribution in [0.2, 0.25) is 0 Å². The summed E-state index contributed by atoms with van der Waals surface area (Å²) in [6, 6.07) is 3.77. The van der Waals surface area contributed by atoms with Crippen molar-refractivity contribution in [1.29, 1.82) is 0 Å². The maximum atomic E-state index is 11.3. The number of hydrogen-bond donors (Lipinski definition) is 2. The smallest absolute Gasteiger partial charge is 0.240 e. The molecule has 1 aromatic rings. The summed E-state index contributed by atoms with van der Waals surface area (Å²) in [5.74, 6) is -0.0149. The Bertz CT molecular complexity index is 317. The molecule has 88 valence electrons. The molecule has 2 N–H and O–H groups in total. The van der Waals surface area contributed by atoms with E-state index in [0.717, 1.165) is 18.5 Å². The Morgan fingerprint density at radius 3 is 3.06 bits per heavy atom. The van der Waals surface area contributed by atoms with Crippen molar-refractivity contribution >= 4 is 12.1 Å². The summed E-state index contributed by atoms with van der Waals surface area (Å²) in [6.45, 7) is 2.15. The minimum absolute atomic E-state index is 0.0149. The predicted octanol–water partition coefficient (Wildman–Crippen LogP) is 2.44. The summed E-state index contributed by atoms with van der Waals surface area (Å²) < 4.78 is 0. The molecule has 1 aromatic heterocycles. The molecule has 1 heterocycles. The molecule has 4 nitrogen and oxygen atoms in total. The van der Waals surface area contributed by atoms with Crippen molar-refractivity contribution in [2.45, 2.75) is 39.0 Å². The summed E-state index contributed by atoms with van der Waals surface area (Å²) >= 11 is 0. The zero-order valence-corrected chi connectivity index (χ0v) is 9.70. The van der Waals surface area contributed by atoms with Crippen LogP contribution in [0.25, 0.3) is 0 Å². The number of amides is 1. The van der Waals surface area contributed by atoms with E-state index in [0.29, 0.717) is 6.42 Å². The molecule has 0 aromatic carbocycles. The maximum absolute atomic E-state index is 11.3. The van der Waals surface area contributed by atoms with Gasteiger partial charge in [0.05, 0.1) is 11.9 Å². The van der Waals surface area contributed by atoms with E-state index in [9.17, 15) is 4.79 Å². The molecule has 0 fully saturated rings. The molecular formula is C12H19N3O. The van der Waals surface area contributed by atoms with Crippen LogP contribution in [0.5, 0.6) is 0 Å². The van der Waals surface area contributed by atoms with E-state index in [1.54, 1.807) is 6.21 Å². The normalized spacial score (nSPS) is 10.8. The van der Waals surface area contributed by atoms with Gasteiger partial charge in [0.25, 0.3) is 0 Å². The number of aromatic amines is 1. The number of hydrogen-bond acceptors (Lipinski definition) is 2. The molecule has 0 aliphatic carbocycles. The van der Waals surface area contributed by atoms with Gasteiger partial charge in [-0.05, 0) is 18.6 Å². The zero-order valence-electron chi connectivity index (χ0n) is 9.70. The number of nitrogens with zero attached hydrogens (tertiary/aromatic N) is 1. The lowest BCUT2D eigenvalue weighted by Gasteiger charge is -1.98. The fourth-order valence-corrected chi connectivity index (χ4v) is 1.37. The van der Waals surface area contributed by atoms with Crippen LogP contribution in [0, 0.1) is 0 Å². The van der Waals surface area contributed by atoms with Gasteiger partial charge in [0.2, 0.25) is 5.91 Å². The molecule has 0 spiro atoms. The molecule has 4 heteroatoms. The second kappa shape index (κ2) is 7.68. The number of nitrogens with one attached hydrogen (secondary N) is 2. The first-order valence-electron chi connectivity index (χ1n) is 5.78. The minimum atomic E-state index is -0.0149. The van der Waals surface area contributed by atoms with Crippen molar-refractivity contribution in [2.24, 2.45) is 5.10 Å². The van der Waals surface area contributed by atoms with Gasteiger partial charge in [0.1, 0.15) is 0 Å². The molecule has 0 atom stereocenters. The van der Waals surface area contributed by atoms with Crippen LogP contribution in [0.15, 0.2) is 23.4 Å². The van der Waals surface area contributed by atoms with Crippen LogP contribution in [0.1, 0.15) is 44.7 Å². The molecular weight excluding hydrogens is 202 g/mol. The van der Waals surface area contributed by atoms with Gasteiger partial charge in [-0.25, -0.2) is 5.43 Å². The first-order valence-corrected chi connectivity index (χ1v) is 5.78. The third kappa shape index (κ3) is 5.34. The van der Waals surface area contributed by atoms with Crippen molar-refractivity contribution in [2.75, 3.05) is 0 Å². The Hall–Kier alpha value is -1.58. The van der Waals surface area contributed by atoms with E-state index in [1.165, 1.54) is 12.8 Å². The highest BCUT2D eigenvalue weighted by atomic mass is 16.2. The molecule has 0 unspecified atom stereocenters. The first-order chi connectivity index (χ1) is 7.83. The summed E-state index contributed by atoms with van der Waals surface area (Å²) in [5, 5.41) is 3.86. The van der Waals surface area contributed by atoms with Crippen molar-refractivity contribution in [3.05, 3.63) is 24.0 Å². The highest BCUT2D eigenvalue weighted by Gasteiger charge is 1.98. The number of rotatable bonds is 7. The lowest BCUT2D eigenvalue weighted by atomic mass is 10.1. The lowest BCUT2D eigenvalue weighted by Crippen LogP contribution is -2.16. The van der Waals surface area contributed by atoms with Crippen molar-refractivity contribution in [3.8, 4) is 0 Å². The van der Waals surface area contributed by atoms with E-state index >= 15 is 0 Å². The number of carbonyl (C=O) groups excluding carboxylic acids is 1. The second-order valence-corrected chi connectivity index (χ2v) is 3.73. The van der Waals surface area contributed by atoms with Crippen molar-refractivity contribution < 1.29 is 4.79 Å². The van der Waals surface area contributed by atoms with E-state index in [1.807, 2.05) is 18.3 Å². The number of hydrazone groups is 1. The summed E-state index contributed by atoms with van der Waals surface area (Å²) in [6.07, 6.45) is 8.41. The van der Waals surface area contributed by atoms with Gasteiger partial charge in [0.15, 0.2) is 0 Å². The summed E-state index contributed by atoms with van der Waals surface area (Å²) in [7, 11) is 0. The molecule has 0 saturated heterocycles. The lowest BCUT2D eigenvalue weighted by molar-refractivity contribution is -0.121. The number of unbranched alkanes of at least 4 members (excludes halogenated alkanes) is 3. The third-order valence-electron chi connectivity index (χ3n) is 2.27. The monoisotopic (exact) mass is 221 g/mol. The van der Waals surface area contributed by atoms with Gasteiger partial charge in [-0.1, -0.05) is 26.2 Å². The molecule has 0 aliphatic rings. The van der Waals surface area contributed by atoms with Gasteiger partial charge in [0, 0.05) is 12.6 Å². The van der Waals surface area contributed by atoms with Gasteiger partial charge >= 0.3 is 0 Å². The quantitative estimate of drug-likeness (QED) is 0.414. The second-order valence-electron chi connectivity index (χ2n) is 3.73. The highest BCUT2D eigenvalue weighted by molar-refractivity contribution is 5.80.